The highest BCUT2D eigenvalue weighted by molar-refractivity contribution is 6.30. The first-order chi connectivity index (χ1) is 8.70. The molecular formula is C14H12ClN3. The monoisotopic (exact) mass is 257 g/mol. The summed E-state index contributed by atoms with van der Waals surface area (Å²) in [5, 5.41) is 0.398. The van der Waals surface area contributed by atoms with Crippen LogP contribution in [0.2, 0.25) is 5.15 Å². The van der Waals surface area contributed by atoms with Crippen LogP contribution in [-0.2, 0) is 6.42 Å². The van der Waals surface area contributed by atoms with E-state index in [2.05, 4.69) is 26.8 Å². The predicted octanol–water partition coefficient (Wildman–Crippen LogP) is 2.80. The van der Waals surface area contributed by atoms with Gasteiger partial charge in [0.25, 0.3) is 0 Å². The molecule has 0 saturated carbocycles. The van der Waals surface area contributed by atoms with Crippen LogP contribution in [0.1, 0.15) is 29.4 Å². The van der Waals surface area contributed by atoms with Gasteiger partial charge in [-0.3, -0.25) is 4.98 Å². The Balaban J connectivity index is 2.38. The molecule has 0 aliphatic carbocycles. The predicted molar refractivity (Wildman–Crippen MR) is 71.4 cm³/mol. The zero-order valence-corrected chi connectivity index (χ0v) is 11.0. The minimum absolute atomic E-state index is 0.398. The van der Waals surface area contributed by atoms with Crippen molar-refractivity contribution in [3.63, 3.8) is 0 Å². The van der Waals surface area contributed by atoms with E-state index in [4.69, 9.17) is 11.6 Å². The summed E-state index contributed by atoms with van der Waals surface area (Å²) in [5.74, 6) is 6.05. The molecule has 4 heteroatoms. The van der Waals surface area contributed by atoms with Gasteiger partial charge in [0.15, 0.2) is 0 Å². The third kappa shape index (κ3) is 2.85. The Morgan fingerprint density at radius 3 is 2.67 bits per heavy atom. The van der Waals surface area contributed by atoms with E-state index in [1.807, 2.05) is 26.0 Å². The Bertz CT molecular complexity index is 609. The molecule has 0 aliphatic heterocycles. The minimum Gasteiger partial charge on any atom is -0.260 e. The van der Waals surface area contributed by atoms with E-state index < -0.39 is 0 Å². The average molecular weight is 258 g/mol. The summed E-state index contributed by atoms with van der Waals surface area (Å²) in [4.78, 5) is 12.3. The molecule has 0 saturated heterocycles. The second kappa shape index (κ2) is 5.61. The molecule has 0 unspecified atom stereocenters. The molecule has 0 spiro atoms. The fraction of sp³-hybridized carbons (Fsp3) is 0.214. The van der Waals surface area contributed by atoms with Crippen LogP contribution < -0.4 is 0 Å². The Kier molecular flexibility index (Phi) is 3.91. The van der Waals surface area contributed by atoms with E-state index in [1.165, 1.54) is 6.33 Å². The smallest absolute Gasteiger partial charge is 0.148 e. The molecule has 2 aromatic rings. The third-order valence-electron chi connectivity index (χ3n) is 2.46. The Morgan fingerprint density at radius 2 is 2.00 bits per heavy atom. The van der Waals surface area contributed by atoms with E-state index in [0.29, 0.717) is 10.7 Å². The largest absolute Gasteiger partial charge is 0.260 e. The normalized spacial score (nSPS) is 9.72. The van der Waals surface area contributed by atoms with Crippen molar-refractivity contribution in [2.75, 3.05) is 0 Å². The van der Waals surface area contributed by atoms with Gasteiger partial charge in [0.05, 0.1) is 11.3 Å². The van der Waals surface area contributed by atoms with Crippen molar-refractivity contribution in [3.8, 4) is 11.8 Å². The van der Waals surface area contributed by atoms with Crippen molar-refractivity contribution in [3.05, 3.63) is 52.3 Å². The van der Waals surface area contributed by atoms with Crippen LogP contribution in [-0.4, -0.2) is 15.0 Å². The molecule has 0 amide bonds. The van der Waals surface area contributed by atoms with Gasteiger partial charge in [0.2, 0.25) is 0 Å². The Morgan fingerprint density at radius 1 is 1.17 bits per heavy atom. The van der Waals surface area contributed by atoms with Gasteiger partial charge in [0, 0.05) is 17.5 Å². The van der Waals surface area contributed by atoms with Crippen molar-refractivity contribution in [2.24, 2.45) is 0 Å². The maximum Gasteiger partial charge on any atom is 0.148 e. The van der Waals surface area contributed by atoms with E-state index in [-0.39, 0.29) is 0 Å². The third-order valence-corrected chi connectivity index (χ3v) is 2.74. The maximum atomic E-state index is 6.03. The van der Waals surface area contributed by atoms with Crippen LogP contribution in [0.15, 0.2) is 24.7 Å². The molecule has 0 bridgehead atoms. The average Bonchev–Trinajstić information content (AvgIpc) is 2.39. The lowest BCUT2D eigenvalue weighted by atomic mass is 10.2. The summed E-state index contributed by atoms with van der Waals surface area (Å²) in [6.45, 7) is 3.95. The van der Waals surface area contributed by atoms with Gasteiger partial charge in [-0.2, -0.15) is 0 Å². The molecular weight excluding hydrogens is 246 g/mol. The van der Waals surface area contributed by atoms with Gasteiger partial charge in [0.1, 0.15) is 11.5 Å². The topological polar surface area (TPSA) is 38.7 Å². The summed E-state index contributed by atoms with van der Waals surface area (Å²) in [6.07, 6.45) is 3.98. The first-order valence-corrected chi connectivity index (χ1v) is 6.02. The number of halogens is 1. The van der Waals surface area contributed by atoms with Crippen LogP contribution in [0.25, 0.3) is 0 Å². The summed E-state index contributed by atoms with van der Waals surface area (Å²) >= 11 is 6.03. The highest BCUT2D eigenvalue weighted by Gasteiger charge is 2.05. The van der Waals surface area contributed by atoms with Crippen LogP contribution in [0, 0.1) is 18.8 Å². The Labute approximate surface area is 111 Å². The zero-order chi connectivity index (χ0) is 13.0. The lowest BCUT2D eigenvalue weighted by molar-refractivity contribution is 0.989. The van der Waals surface area contributed by atoms with Crippen molar-refractivity contribution >= 4 is 11.6 Å². The molecule has 90 valence electrons. The molecule has 2 aromatic heterocycles. The Hall–Kier alpha value is -1.92. The van der Waals surface area contributed by atoms with Crippen molar-refractivity contribution in [1.29, 1.82) is 0 Å². The molecule has 0 fully saturated rings. The van der Waals surface area contributed by atoms with Crippen LogP contribution >= 0.6 is 11.6 Å². The van der Waals surface area contributed by atoms with E-state index in [0.717, 1.165) is 23.4 Å². The van der Waals surface area contributed by atoms with Gasteiger partial charge in [-0.25, -0.2) is 9.97 Å². The number of nitrogens with zero attached hydrogens (tertiary/aromatic N) is 3. The van der Waals surface area contributed by atoms with Gasteiger partial charge in [-0.05, 0) is 25.5 Å². The van der Waals surface area contributed by atoms with Gasteiger partial charge >= 0.3 is 0 Å². The van der Waals surface area contributed by atoms with Crippen LogP contribution in [0.5, 0.6) is 0 Å². The lowest BCUT2D eigenvalue weighted by Crippen LogP contribution is -1.95. The van der Waals surface area contributed by atoms with E-state index >= 15 is 0 Å². The molecule has 0 atom stereocenters. The highest BCUT2D eigenvalue weighted by Crippen LogP contribution is 2.14. The molecule has 18 heavy (non-hydrogen) atoms. The van der Waals surface area contributed by atoms with Crippen LogP contribution in [0.4, 0.5) is 0 Å². The lowest BCUT2D eigenvalue weighted by Gasteiger charge is -2.00. The first kappa shape index (κ1) is 12.5. The number of hydrogen-bond acceptors (Lipinski definition) is 3. The fourth-order valence-corrected chi connectivity index (χ4v) is 1.67. The van der Waals surface area contributed by atoms with Gasteiger partial charge in [-0.1, -0.05) is 30.4 Å². The van der Waals surface area contributed by atoms with Crippen molar-refractivity contribution < 1.29 is 0 Å². The SMILES string of the molecule is CCc1ncnc(Cl)c1C#Cc1ccc(C)nc1. The maximum absolute atomic E-state index is 6.03. The molecule has 2 rings (SSSR count). The van der Waals surface area contributed by atoms with Gasteiger partial charge in [-0.15, -0.1) is 0 Å². The number of aryl methyl sites for hydroxylation is 2. The van der Waals surface area contributed by atoms with Crippen LogP contribution in [0.3, 0.4) is 0 Å². The molecule has 0 N–H and O–H groups in total. The number of hydrogen-bond donors (Lipinski definition) is 0. The van der Waals surface area contributed by atoms with E-state index in [9.17, 15) is 0 Å². The molecule has 2 heterocycles. The van der Waals surface area contributed by atoms with Gasteiger partial charge < -0.3 is 0 Å². The minimum atomic E-state index is 0.398. The summed E-state index contributed by atoms with van der Waals surface area (Å²) in [5.41, 5.74) is 3.38. The summed E-state index contributed by atoms with van der Waals surface area (Å²) < 4.78 is 0. The molecule has 0 aromatic carbocycles. The number of rotatable bonds is 1. The summed E-state index contributed by atoms with van der Waals surface area (Å²) in [6, 6.07) is 3.85. The van der Waals surface area contributed by atoms with Crippen molar-refractivity contribution in [1.82, 2.24) is 15.0 Å². The molecule has 0 aliphatic rings. The van der Waals surface area contributed by atoms with E-state index in [1.54, 1.807) is 6.20 Å². The fourth-order valence-electron chi connectivity index (χ4n) is 1.47. The quantitative estimate of drug-likeness (QED) is 0.582. The van der Waals surface area contributed by atoms with Crippen molar-refractivity contribution in [2.45, 2.75) is 20.3 Å². The highest BCUT2D eigenvalue weighted by atomic mass is 35.5. The molecule has 0 radical (unpaired) electrons. The number of aromatic nitrogens is 3. The summed E-state index contributed by atoms with van der Waals surface area (Å²) in [7, 11) is 0. The molecule has 3 nitrogen and oxygen atoms in total. The number of pyridine rings is 1. The second-order valence-electron chi connectivity index (χ2n) is 3.78. The first-order valence-electron chi connectivity index (χ1n) is 5.64. The zero-order valence-electron chi connectivity index (χ0n) is 10.2. The second-order valence-corrected chi connectivity index (χ2v) is 4.14. The standard InChI is InChI=1S/C14H12ClN3/c1-3-13-12(14(15)18-9-17-13)7-6-11-5-4-10(2)16-8-11/h4-5,8-9H,3H2,1-2H3.